The van der Waals surface area contributed by atoms with Crippen molar-refractivity contribution < 1.29 is 0 Å². The van der Waals surface area contributed by atoms with Gasteiger partial charge in [0.1, 0.15) is 0 Å². The van der Waals surface area contributed by atoms with E-state index in [9.17, 15) is 0 Å². The molecule has 1 aliphatic carbocycles. The Balaban J connectivity index is 1.49. The molecule has 1 spiro atoms. The Bertz CT molecular complexity index is 518. The summed E-state index contributed by atoms with van der Waals surface area (Å²) in [6.07, 6.45) is 7.76. The van der Waals surface area contributed by atoms with Gasteiger partial charge >= 0.3 is 0 Å². The summed E-state index contributed by atoms with van der Waals surface area (Å²) in [6, 6.07) is 0. The zero-order valence-electron chi connectivity index (χ0n) is 13.9. The maximum Gasteiger partial charge on any atom is 0.193 e. The van der Waals surface area contributed by atoms with Gasteiger partial charge in [0.15, 0.2) is 5.96 Å². The molecule has 1 aliphatic heterocycles. The first-order valence-electron chi connectivity index (χ1n) is 8.65. The van der Waals surface area contributed by atoms with Crippen molar-refractivity contribution in [2.24, 2.45) is 10.4 Å². The minimum absolute atomic E-state index is 0.634. The first kappa shape index (κ1) is 15.8. The first-order chi connectivity index (χ1) is 10.7. The fraction of sp³-hybridized carbons (Fsp3) is 0.765. The number of aryl methyl sites for hydroxylation is 2. The molecule has 0 amide bonds. The molecule has 2 aliphatic rings. The molecule has 0 atom stereocenters. The van der Waals surface area contributed by atoms with Crippen LogP contribution >= 0.6 is 11.3 Å². The summed E-state index contributed by atoms with van der Waals surface area (Å²) in [5, 5.41) is 6.85. The van der Waals surface area contributed by atoms with Gasteiger partial charge in [0.2, 0.25) is 0 Å². The summed E-state index contributed by atoms with van der Waals surface area (Å²) >= 11 is 1.77. The predicted molar refractivity (Wildman–Crippen MR) is 93.6 cm³/mol. The molecule has 1 saturated carbocycles. The van der Waals surface area contributed by atoms with E-state index in [-0.39, 0.29) is 0 Å². The fourth-order valence-electron chi connectivity index (χ4n) is 3.56. The zero-order chi connectivity index (χ0) is 15.4. The summed E-state index contributed by atoms with van der Waals surface area (Å²) in [5.74, 6) is 1.13. The number of nitrogens with one attached hydrogen (secondary N) is 1. The number of hydrogen-bond donors (Lipinski definition) is 1. The molecule has 0 bridgehead atoms. The van der Waals surface area contributed by atoms with E-state index in [0.717, 1.165) is 37.6 Å². The molecule has 0 radical (unpaired) electrons. The number of guanidine groups is 1. The van der Waals surface area contributed by atoms with Gasteiger partial charge in [0.25, 0.3) is 0 Å². The van der Waals surface area contributed by atoms with Crippen molar-refractivity contribution in [1.29, 1.82) is 0 Å². The second-order valence-corrected chi connectivity index (χ2v) is 7.69. The van der Waals surface area contributed by atoms with Crippen LogP contribution in [0.3, 0.4) is 0 Å². The summed E-state index contributed by atoms with van der Waals surface area (Å²) < 4.78 is 0. The quantitative estimate of drug-likeness (QED) is 0.514. The normalized spacial score (nSPS) is 20.5. The van der Waals surface area contributed by atoms with E-state index in [1.807, 2.05) is 0 Å². The largest absolute Gasteiger partial charge is 0.357 e. The van der Waals surface area contributed by atoms with Gasteiger partial charge in [-0.25, -0.2) is 4.98 Å². The van der Waals surface area contributed by atoms with Gasteiger partial charge in [-0.15, -0.1) is 11.3 Å². The van der Waals surface area contributed by atoms with E-state index < -0.39 is 0 Å². The lowest BCUT2D eigenvalue weighted by atomic mass is 9.68. The van der Waals surface area contributed by atoms with Crippen LogP contribution in [0, 0.1) is 12.3 Å². The number of likely N-dealkylation sites (tertiary alicyclic amines) is 1. The maximum absolute atomic E-state index is 4.85. The molecule has 1 N–H and O–H groups in total. The van der Waals surface area contributed by atoms with E-state index in [1.165, 1.54) is 43.8 Å². The SMILES string of the molecule is CCNC(=NCCCc1nc(C)cs1)N1CCC2(CCC2)C1. The van der Waals surface area contributed by atoms with Crippen LogP contribution in [-0.2, 0) is 6.42 Å². The molecule has 0 unspecified atom stereocenters. The number of aromatic nitrogens is 1. The zero-order valence-corrected chi connectivity index (χ0v) is 14.7. The molecule has 0 aromatic carbocycles. The summed E-state index contributed by atoms with van der Waals surface area (Å²) in [6.45, 7) is 8.45. The van der Waals surface area contributed by atoms with Crippen LogP contribution in [0.4, 0.5) is 0 Å². The molecule has 2 fully saturated rings. The van der Waals surface area contributed by atoms with E-state index in [1.54, 1.807) is 11.3 Å². The Labute approximate surface area is 138 Å². The summed E-state index contributed by atoms with van der Waals surface area (Å²) in [5.41, 5.74) is 1.77. The summed E-state index contributed by atoms with van der Waals surface area (Å²) in [7, 11) is 0. The van der Waals surface area contributed by atoms with Gasteiger partial charge in [0, 0.05) is 43.7 Å². The first-order valence-corrected chi connectivity index (χ1v) is 9.53. The third-order valence-electron chi connectivity index (χ3n) is 4.96. The molecule has 122 valence electrons. The second-order valence-electron chi connectivity index (χ2n) is 6.75. The van der Waals surface area contributed by atoms with Crippen LogP contribution in [0.2, 0.25) is 0 Å². The highest BCUT2D eigenvalue weighted by Crippen LogP contribution is 2.47. The van der Waals surface area contributed by atoms with Crippen molar-refractivity contribution in [3.8, 4) is 0 Å². The van der Waals surface area contributed by atoms with Gasteiger partial charge in [-0.3, -0.25) is 4.99 Å². The molecule has 22 heavy (non-hydrogen) atoms. The van der Waals surface area contributed by atoms with Crippen LogP contribution < -0.4 is 5.32 Å². The molecule has 1 saturated heterocycles. The topological polar surface area (TPSA) is 40.5 Å². The minimum atomic E-state index is 0.634. The average molecular weight is 321 g/mol. The molecule has 4 nitrogen and oxygen atoms in total. The lowest BCUT2D eigenvalue weighted by Gasteiger charge is -2.38. The van der Waals surface area contributed by atoms with Gasteiger partial charge in [-0.05, 0) is 44.9 Å². The molecule has 2 heterocycles. The van der Waals surface area contributed by atoms with Crippen LogP contribution in [0.15, 0.2) is 10.4 Å². The van der Waals surface area contributed by atoms with Gasteiger partial charge in [0.05, 0.1) is 5.01 Å². The van der Waals surface area contributed by atoms with Crippen LogP contribution in [0.25, 0.3) is 0 Å². The number of aliphatic imine (C=N–C) groups is 1. The lowest BCUT2D eigenvalue weighted by Crippen LogP contribution is -2.42. The Kier molecular flexibility index (Phi) is 5.01. The molecular weight excluding hydrogens is 292 g/mol. The number of rotatable bonds is 5. The molecule has 1 aromatic heterocycles. The summed E-state index contributed by atoms with van der Waals surface area (Å²) in [4.78, 5) is 11.9. The highest BCUT2D eigenvalue weighted by molar-refractivity contribution is 7.09. The smallest absolute Gasteiger partial charge is 0.193 e. The van der Waals surface area contributed by atoms with Crippen molar-refractivity contribution >= 4 is 17.3 Å². The van der Waals surface area contributed by atoms with Crippen molar-refractivity contribution in [3.05, 3.63) is 16.1 Å². The molecular formula is C17H28N4S. The average Bonchev–Trinajstić information content (AvgIpc) is 3.08. The van der Waals surface area contributed by atoms with E-state index in [2.05, 4.69) is 34.4 Å². The Morgan fingerprint density at radius 3 is 2.91 bits per heavy atom. The maximum atomic E-state index is 4.85. The third kappa shape index (κ3) is 3.62. The van der Waals surface area contributed by atoms with Crippen molar-refractivity contribution in [2.45, 2.75) is 52.4 Å². The monoisotopic (exact) mass is 320 g/mol. The van der Waals surface area contributed by atoms with Crippen molar-refractivity contribution in [3.63, 3.8) is 0 Å². The Morgan fingerprint density at radius 1 is 1.45 bits per heavy atom. The van der Waals surface area contributed by atoms with Crippen molar-refractivity contribution in [2.75, 3.05) is 26.2 Å². The third-order valence-corrected chi connectivity index (χ3v) is 5.99. The number of thiazole rings is 1. The van der Waals surface area contributed by atoms with Gasteiger partial charge in [-0.2, -0.15) is 0 Å². The van der Waals surface area contributed by atoms with Gasteiger partial charge in [-0.1, -0.05) is 6.42 Å². The second kappa shape index (κ2) is 6.99. The minimum Gasteiger partial charge on any atom is -0.357 e. The van der Waals surface area contributed by atoms with Crippen LogP contribution in [-0.4, -0.2) is 42.0 Å². The lowest BCUT2D eigenvalue weighted by molar-refractivity contribution is 0.151. The highest BCUT2D eigenvalue weighted by Gasteiger charge is 2.43. The Hall–Kier alpha value is -1.10. The van der Waals surface area contributed by atoms with E-state index >= 15 is 0 Å². The van der Waals surface area contributed by atoms with E-state index in [4.69, 9.17) is 4.99 Å². The number of nitrogens with zero attached hydrogens (tertiary/aromatic N) is 3. The molecule has 5 heteroatoms. The Morgan fingerprint density at radius 2 is 2.32 bits per heavy atom. The van der Waals surface area contributed by atoms with Gasteiger partial charge < -0.3 is 10.2 Å². The molecule has 3 rings (SSSR count). The van der Waals surface area contributed by atoms with E-state index in [0.29, 0.717) is 5.41 Å². The predicted octanol–water partition coefficient (Wildman–Crippen LogP) is 3.23. The van der Waals surface area contributed by atoms with Crippen LogP contribution in [0.1, 0.15) is 49.7 Å². The standard InChI is InChI=1S/C17H28N4S/c1-3-18-16(21-11-9-17(13-21)7-5-8-17)19-10-4-6-15-20-14(2)12-22-15/h12H,3-11,13H2,1-2H3,(H,18,19). The van der Waals surface area contributed by atoms with Crippen molar-refractivity contribution in [1.82, 2.24) is 15.2 Å². The highest BCUT2D eigenvalue weighted by atomic mass is 32.1. The fourth-order valence-corrected chi connectivity index (χ4v) is 4.38. The molecule has 1 aromatic rings. The van der Waals surface area contributed by atoms with Crippen LogP contribution in [0.5, 0.6) is 0 Å². The number of hydrogen-bond acceptors (Lipinski definition) is 3.